The smallest absolute Gasteiger partial charge is 0.248 e. The van der Waals surface area contributed by atoms with Gasteiger partial charge in [-0.05, 0) is 67.2 Å². The minimum Gasteiger partial charge on any atom is -0.366 e. The molecule has 26 heavy (non-hydrogen) atoms. The Morgan fingerprint density at radius 1 is 0.923 bits per heavy atom. The lowest BCUT2D eigenvalue weighted by atomic mass is 9.78. The largest absolute Gasteiger partial charge is 0.366 e. The summed E-state index contributed by atoms with van der Waals surface area (Å²) in [5.74, 6) is 0.349. The Bertz CT molecular complexity index is 806. The van der Waals surface area contributed by atoms with Crippen LogP contribution in [0.3, 0.4) is 0 Å². The van der Waals surface area contributed by atoms with Crippen LogP contribution in [0.2, 0.25) is 0 Å². The molecule has 3 fully saturated rings. The van der Waals surface area contributed by atoms with E-state index in [4.69, 9.17) is 5.73 Å². The van der Waals surface area contributed by atoms with Crippen LogP contribution in [-0.4, -0.2) is 36.3 Å². The summed E-state index contributed by atoms with van der Waals surface area (Å²) in [4.78, 5) is 26.2. The van der Waals surface area contributed by atoms with Crippen molar-refractivity contribution in [2.24, 2.45) is 17.6 Å². The number of nitrogens with two attached hydrogens (primary N) is 1. The van der Waals surface area contributed by atoms with Gasteiger partial charge < -0.3 is 16.0 Å². The van der Waals surface area contributed by atoms with Gasteiger partial charge in [-0.2, -0.15) is 0 Å². The van der Waals surface area contributed by atoms with Gasteiger partial charge >= 0.3 is 0 Å². The number of piperidine rings is 3. The van der Waals surface area contributed by atoms with Gasteiger partial charge in [-0.25, -0.2) is 0 Å². The number of fused-ring (bicyclic) bond motifs is 3. The number of hydrogen-bond acceptors (Lipinski definition) is 3. The van der Waals surface area contributed by atoms with Crippen molar-refractivity contribution in [1.82, 2.24) is 4.90 Å². The number of rotatable bonds is 4. The quantitative estimate of drug-likeness (QED) is 0.891. The summed E-state index contributed by atoms with van der Waals surface area (Å²) in [6.07, 6.45) is 2.27. The molecular formula is C21H23N3O2. The molecular weight excluding hydrogens is 326 g/mol. The van der Waals surface area contributed by atoms with Gasteiger partial charge in [0, 0.05) is 17.8 Å². The summed E-state index contributed by atoms with van der Waals surface area (Å²) in [6.45, 7) is 3.16. The predicted molar refractivity (Wildman–Crippen MR) is 102 cm³/mol. The Kier molecular flexibility index (Phi) is 4.47. The molecule has 2 aromatic rings. The van der Waals surface area contributed by atoms with Gasteiger partial charge in [0.2, 0.25) is 11.8 Å². The zero-order valence-corrected chi connectivity index (χ0v) is 14.7. The van der Waals surface area contributed by atoms with Gasteiger partial charge in [0.25, 0.3) is 0 Å². The van der Waals surface area contributed by atoms with Crippen LogP contribution in [-0.2, 0) is 4.79 Å². The van der Waals surface area contributed by atoms with Crippen LogP contribution < -0.4 is 11.1 Å². The van der Waals surface area contributed by atoms with E-state index in [1.807, 2.05) is 36.4 Å². The zero-order valence-electron chi connectivity index (χ0n) is 14.7. The summed E-state index contributed by atoms with van der Waals surface area (Å²) < 4.78 is 0. The Morgan fingerprint density at radius 3 is 2.00 bits per heavy atom. The second-order valence-corrected chi connectivity index (χ2v) is 7.25. The van der Waals surface area contributed by atoms with Crippen molar-refractivity contribution in [3.05, 3.63) is 54.1 Å². The molecule has 3 aliphatic rings. The van der Waals surface area contributed by atoms with E-state index in [0.29, 0.717) is 11.5 Å². The van der Waals surface area contributed by atoms with Crippen LogP contribution in [0.5, 0.6) is 0 Å². The van der Waals surface area contributed by atoms with E-state index in [1.165, 1.54) is 0 Å². The molecule has 2 aromatic carbocycles. The molecule has 2 bridgehead atoms. The maximum atomic E-state index is 12.6. The number of benzene rings is 2. The van der Waals surface area contributed by atoms with Gasteiger partial charge in [0.1, 0.15) is 0 Å². The highest BCUT2D eigenvalue weighted by molar-refractivity contribution is 5.94. The van der Waals surface area contributed by atoms with Crippen molar-refractivity contribution in [3.8, 4) is 11.1 Å². The summed E-state index contributed by atoms with van der Waals surface area (Å²) in [5, 5.41) is 3.07. The fraction of sp³-hybridized carbons (Fsp3) is 0.333. The molecule has 0 unspecified atom stereocenters. The molecule has 0 aliphatic carbocycles. The summed E-state index contributed by atoms with van der Waals surface area (Å²) in [7, 11) is 0. The second-order valence-electron chi connectivity index (χ2n) is 7.25. The van der Waals surface area contributed by atoms with Crippen molar-refractivity contribution < 1.29 is 9.59 Å². The predicted octanol–water partition coefficient (Wildman–Crippen LogP) is 2.73. The summed E-state index contributed by atoms with van der Waals surface area (Å²) in [5.41, 5.74) is 8.62. The van der Waals surface area contributed by atoms with Crippen LogP contribution in [0.4, 0.5) is 5.69 Å². The number of nitrogens with zero attached hydrogens (tertiary/aromatic N) is 1. The number of hydrogen-bond donors (Lipinski definition) is 2. The normalized spacial score (nSPS) is 24.2. The molecule has 5 nitrogen and oxygen atoms in total. The summed E-state index contributed by atoms with van der Waals surface area (Å²) in [6, 6.07) is 15.0. The van der Waals surface area contributed by atoms with Crippen LogP contribution >= 0.6 is 0 Å². The monoisotopic (exact) mass is 349 g/mol. The third kappa shape index (κ3) is 3.35. The first-order chi connectivity index (χ1) is 12.6. The highest BCUT2D eigenvalue weighted by atomic mass is 16.2. The lowest BCUT2D eigenvalue weighted by Crippen LogP contribution is -2.51. The molecule has 3 heterocycles. The van der Waals surface area contributed by atoms with Crippen LogP contribution in [0.25, 0.3) is 11.1 Å². The van der Waals surface area contributed by atoms with Crippen molar-refractivity contribution >= 4 is 17.5 Å². The Labute approximate surface area is 153 Å². The van der Waals surface area contributed by atoms with Crippen LogP contribution in [0.1, 0.15) is 23.2 Å². The Balaban J connectivity index is 1.43. The number of nitrogens with one attached hydrogen (secondary N) is 1. The van der Waals surface area contributed by atoms with E-state index in [9.17, 15) is 9.59 Å². The van der Waals surface area contributed by atoms with Crippen molar-refractivity contribution in [2.75, 3.05) is 25.0 Å². The molecule has 2 amide bonds. The summed E-state index contributed by atoms with van der Waals surface area (Å²) >= 11 is 0. The third-order valence-corrected chi connectivity index (χ3v) is 5.65. The molecule has 3 N–H and O–H groups in total. The second kappa shape index (κ2) is 6.92. The van der Waals surface area contributed by atoms with Crippen molar-refractivity contribution in [1.29, 1.82) is 0 Å². The maximum Gasteiger partial charge on any atom is 0.248 e. The van der Waals surface area contributed by atoms with Gasteiger partial charge in [-0.15, -0.1) is 0 Å². The molecule has 0 saturated carbocycles. The average molecular weight is 349 g/mol. The highest BCUT2D eigenvalue weighted by Crippen LogP contribution is 2.33. The average Bonchev–Trinajstić information content (AvgIpc) is 2.69. The van der Waals surface area contributed by atoms with Gasteiger partial charge in [0.05, 0.1) is 5.92 Å². The minimum atomic E-state index is -0.428. The van der Waals surface area contributed by atoms with Crippen LogP contribution in [0, 0.1) is 11.8 Å². The number of carbonyl (C=O) groups excluding carboxylic acids is 2. The van der Waals surface area contributed by atoms with Crippen molar-refractivity contribution in [3.63, 3.8) is 0 Å². The number of carbonyl (C=O) groups is 2. The lowest BCUT2D eigenvalue weighted by Gasteiger charge is -2.43. The van der Waals surface area contributed by atoms with E-state index in [2.05, 4.69) is 10.2 Å². The molecule has 0 spiro atoms. The van der Waals surface area contributed by atoms with E-state index < -0.39 is 5.91 Å². The molecule has 5 rings (SSSR count). The SMILES string of the molecule is NC(=O)c1ccc(-c2ccc(NC(=O)[C@H]3CN4CCC3CC4)cc2)cc1. The van der Waals surface area contributed by atoms with E-state index in [0.717, 1.165) is 49.3 Å². The van der Waals surface area contributed by atoms with E-state index in [1.54, 1.807) is 12.1 Å². The van der Waals surface area contributed by atoms with Gasteiger partial charge in [-0.3, -0.25) is 9.59 Å². The molecule has 1 atom stereocenters. The molecule has 3 aliphatic heterocycles. The first-order valence-electron chi connectivity index (χ1n) is 9.14. The zero-order chi connectivity index (χ0) is 18.1. The molecule has 3 saturated heterocycles. The van der Waals surface area contributed by atoms with E-state index >= 15 is 0 Å². The van der Waals surface area contributed by atoms with Crippen LogP contribution in [0.15, 0.2) is 48.5 Å². The molecule has 0 radical (unpaired) electrons. The lowest BCUT2D eigenvalue weighted by molar-refractivity contribution is -0.125. The third-order valence-electron chi connectivity index (χ3n) is 5.65. The van der Waals surface area contributed by atoms with Crippen molar-refractivity contribution in [2.45, 2.75) is 12.8 Å². The first-order valence-corrected chi connectivity index (χ1v) is 9.14. The van der Waals surface area contributed by atoms with Gasteiger partial charge in [0.15, 0.2) is 0 Å². The minimum absolute atomic E-state index is 0.110. The number of anilines is 1. The van der Waals surface area contributed by atoms with Gasteiger partial charge in [-0.1, -0.05) is 24.3 Å². The standard InChI is InChI=1S/C21H23N3O2/c22-20(25)17-3-1-14(2-4-17)15-5-7-18(8-6-15)23-21(26)19-13-24-11-9-16(19)10-12-24/h1-8,16,19H,9-13H2,(H2,22,25)(H,23,26)/t19-/m0/s1. The highest BCUT2D eigenvalue weighted by Gasteiger charge is 2.38. The molecule has 134 valence electrons. The number of amides is 2. The molecule has 0 aromatic heterocycles. The fourth-order valence-electron chi connectivity index (χ4n) is 4.07. The van der Waals surface area contributed by atoms with E-state index in [-0.39, 0.29) is 11.8 Å². The first kappa shape index (κ1) is 16.8. The molecule has 5 heteroatoms. The Hall–Kier alpha value is -2.66. The topological polar surface area (TPSA) is 75.4 Å². The Morgan fingerprint density at radius 2 is 1.50 bits per heavy atom. The number of primary amides is 1. The fourth-order valence-corrected chi connectivity index (χ4v) is 4.07. The maximum absolute atomic E-state index is 12.6.